The third-order valence-corrected chi connectivity index (χ3v) is 3.65. The largest absolute Gasteiger partial charge is 0.478 e. The van der Waals surface area contributed by atoms with E-state index in [9.17, 15) is 4.79 Å². The van der Waals surface area contributed by atoms with Crippen LogP contribution in [0.25, 0.3) is 0 Å². The number of nitrogens with zero attached hydrogens (tertiary/aromatic N) is 2. The monoisotopic (exact) mass is 220 g/mol. The Hall–Kier alpha value is -1.32. The molecule has 0 aromatic carbocycles. The molecular weight excluding hydrogens is 204 g/mol. The van der Waals surface area contributed by atoms with Crippen LogP contribution < -0.4 is 0 Å². The van der Waals surface area contributed by atoms with Gasteiger partial charge in [-0.1, -0.05) is 12.8 Å². The van der Waals surface area contributed by atoms with Gasteiger partial charge in [0.1, 0.15) is 5.56 Å². The molecule has 1 heterocycles. The zero-order valence-electron chi connectivity index (χ0n) is 9.22. The summed E-state index contributed by atoms with van der Waals surface area (Å²) in [4.78, 5) is 11.1. The molecule has 0 radical (unpaired) electrons. The van der Waals surface area contributed by atoms with Gasteiger partial charge in [-0.25, -0.2) is 4.79 Å². The summed E-state index contributed by atoms with van der Waals surface area (Å²) in [6, 6.07) is 0.436. The van der Waals surface area contributed by atoms with Crippen LogP contribution in [-0.2, 0) is 0 Å². The minimum absolute atomic E-state index is 0.411. The second-order valence-corrected chi connectivity index (χ2v) is 4.93. The van der Waals surface area contributed by atoms with Gasteiger partial charge in [-0.2, -0.15) is 5.10 Å². The van der Waals surface area contributed by atoms with Crippen molar-refractivity contribution in [3.05, 3.63) is 17.5 Å². The van der Waals surface area contributed by atoms with Crippen molar-refractivity contribution < 1.29 is 9.90 Å². The van der Waals surface area contributed by atoms with E-state index in [1.54, 1.807) is 6.20 Å². The highest BCUT2D eigenvalue weighted by molar-refractivity contribution is 5.89. The van der Waals surface area contributed by atoms with E-state index in [0.29, 0.717) is 17.5 Å². The van der Waals surface area contributed by atoms with E-state index in [0.717, 1.165) is 31.4 Å². The Morgan fingerprint density at radius 3 is 2.56 bits per heavy atom. The lowest BCUT2D eigenvalue weighted by atomic mass is 10.2. The molecular formula is C12H16N2O2. The summed E-state index contributed by atoms with van der Waals surface area (Å²) in [5.41, 5.74) is 1.24. The van der Waals surface area contributed by atoms with E-state index in [1.165, 1.54) is 12.8 Å². The molecule has 0 bridgehead atoms. The van der Waals surface area contributed by atoms with Crippen LogP contribution >= 0.6 is 0 Å². The Morgan fingerprint density at radius 2 is 2.00 bits per heavy atom. The number of carboxylic acid groups (broad SMARTS) is 1. The molecule has 1 aromatic heterocycles. The van der Waals surface area contributed by atoms with E-state index in [1.807, 2.05) is 4.68 Å². The molecule has 0 aliphatic heterocycles. The van der Waals surface area contributed by atoms with Crippen LogP contribution in [-0.4, -0.2) is 20.9 Å². The summed E-state index contributed by atoms with van der Waals surface area (Å²) in [5, 5.41) is 13.7. The van der Waals surface area contributed by atoms with Gasteiger partial charge in [0, 0.05) is 12.1 Å². The topological polar surface area (TPSA) is 55.1 Å². The summed E-state index contributed by atoms with van der Waals surface area (Å²) < 4.78 is 1.91. The van der Waals surface area contributed by atoms with Gasteiger partial charge in [0.25, 0.3) is 0 Å². The van der Waals surface area contributed by atoms with Crippen LogP contribution in [0.4, 0.5) is 0 Å². The molecule has 4 nitrogen and oxygen atoms in total. The Morgan fingerprint density at radius 1 is 1.31 bits per heavy atom. The fraction of sp³-hybridized carbons (Fsp3) is 0.667. The first-order valence-electron chi connectivity index (χ1n) is 6.08. The normalized spacial score (nSPS) is 21.5. The minimum atomic E-state index is -0.828. The van der Waals surface area contributed by atoms with Crippen LogP contribution in [0.3, 0.4) is 0 Å². The molecule has 2 aliphatic rings. The second kappa shape index (κ2) is 3.61. The average Bonchev–Trinajstić information content (AvgIpc) is 2.83. The van der Waals surface area contributed by atoms with E-state index < -0.39 is 5.97 Å². The maximum absolute atomic E-state index is 11.1. The van der Waals surface area contributed by atoms with E-state index in [2.05, 4.69) is 5.10 Å². The molecule has 2 fully saturated rings. The molecule has 2 aliphatic carbocycles. The fourth-order valence-electron chi connectivity index (χ4n) is 2.58. The second-order valence-electron chi connectivity index (χ2n) is 4.93. The molecule has 1 N–H and O–H groups in total. The van der Waals surface area contributed by atoms with Crippen molar-refractivity contribution in [2.24, 2.45) is 0 Å². The zero-order chi connectivity index (χ0) is 11.1. The minimum Gasteiger partial charge on any atom is -0.478 e. The van der Waals surface area contributed by atoms with E-state index >= 15 is 0 Å². The Labute approximate surface area is 94.3 Å². The van der Waals surface area contributed by atoms with Gasteiger partial charge in [-0.3, -0.25) is 4.68 Å². The number of hydrogen-bond acceptors (Lipinski definition) is 2. The molecule has 0 unspecified atom stereocenters. The van der Waals surface area contributed by atoms with Crippen LogP contribution in [0.1, 0.15) is 66.5 Å². The summed E-state index contributed by atoms with van der Waals surface area (Å²) in [7, 11) is 0. The van der Waals surface area contributed by atoms with Crippen LogP contribution in [0.2, 0.25) is 0 Å². The first-order valence-corrected chi connectivity index (χ1v) is 6.08. The lowest BCUT2D eigenvalue weighted by Gasteiger charge is -2.08. The van der Waals surface area contributed by atoms with Gasteiger partial charge in [-0.05, 0) is 25.7 Å². The first kappa shape index (κ1) is 9.87. The van der Waals surface area contributed by atoms with Crippen molar-refractivity contribution in [2.75, 3.05) is 0 Å². The third-order valence-electron chi connectivity index (χ3n) is 3.65. The summed E-state index contributed by atoms with van der Waals surface area (Å²) >= 11 is 0. The van der Waals surface area contributed by atoms with Gasteiger partial charge in [0.15, 0.2) is 0 Å². The quantitative estimate of drug-likeness (QED) is 0.851. The third kappa shape index (κ3) is 1.62. The standard InChI is InChI=1S/C12H16N2O2/c15-12(16)10-7-14(9-3-1-2-4-9)13-11(10)8-5-6-8/h7-9H,1-6H2,(H,15,16). The Bertz CT molecular complexity index is 415. The molecule has 3 rings (SSSR count). The lowest BCUT2D eigenvalue weighted by molar-refractivity contribution is 0.0695. The number of carbonyl (C=O) groups is 1. The summed E-state index contributed by atoms with van der Waals surface area (Å²) in [6.07, 6.45) is 8.71. The number of rotatable bonds is 3. The molecule has 4 heteroatoms. The van der Waals surface area contributed by atoms with Gasteiger partial charge in [0.2, 0.25) is 0 Å². The first-order chi connectivity index (χ1) is 7.75. The predicted molar refractivity (Wildman–Crippen MR) is 58.7 cm³/mol. The Balaban J connectivity index is 1.94. The van der Waals surface area contributed by atoms with Crippen molar-refractivity contribution in [1.29, 1.82) is 0 Å². The van der Waals surface area contributed by atoms with Crippen molar-refractivity contribution >= 4 is 5.97 Å². The number of aromatic carboxylic acids is 1. The maximum Gasteiger partial charge on any atom is 0.339 e. The number of aromatic nitrogens is 2. The summed E-state index contributed by atoms with van der Waals surface area (Å²) in [5.74, 6) is -0.417. The lowest BCUT2D eigenvalue weighted by Crippen LogP contribution is -2.05. The molecule has 16 heavy (non-hydrogen) atoms. The molecule has 0 atom stereocenters. The molecule has 2 saturated carbocycles. The SMILES string of the molecule is O=C(O)c1cn(C2CCCC2)nc1C1CC1. The van der Waals surface area contributed by atoms with Crippen molar-refractivity contribution in [3.8, 4) is 0 Å². The Kier molecular flexibility index (Phi) is 2.23. The number of carboxylic acids is 1. The van der Waals surface area contributed by atoms with Crippen molar-refractivity contribution in [1.82, 2.24) is 9.78 Å². The fourth-order valence-corrected chi connectivity index (χ4v) is 2.58. The highest BCUT2D eigenvalue weighted by atomic mass is 16.4. The highest BCUT2D eigenvalue weighted by Gasteiger charge is 2.32. The van der Waals surface area contributed by atoms with Crippen molar-refractivity contribution in [2.45, 2.75) is 50.5 Å². The van der Waals surface area contributed by atoms with Crippen LogP contribution in [0, 0.1) is 0 Å². The van der Waals surface area contributed by atoms with Gasteiger partial charge < -0.3 is 5.11 Å². The average molecular weight is 220 g/mol. The van der Waals surface area contributed by atoms with E-state index in [4.69, 9.17) is 5.11 Å². The zero-order valence-corrected chi connectivity index (χ0v) is 9.22. The molecule has 0 saturated heterocycles. The number of hydrogen-bond donors (Lipinski definition) is 1. The van der Waals surface area contributed by atoms with Gasteiger partial charge in [0.05, 0.1) is 11.7 Å². The van der Waals surface area contributed by atoms with Crippen molar-refractivity contribution in [3.63, 3.8) is 0 Å². The summed E-state index contributed by atoms with van der Waals surface area (Å²) in [6.45, 7) is 0. The molecule has 0 spiro atoms. The smallest absolute Gasteiger partial charge is 0.339 e. The highest BCUT2D eigenvalue weighted by Crippen LogP contribution is 2.41. The van der Waals surface area contributed by atoms with Crippen LogP contribution in [0.15, 0.2) is 6.20 Å². The van der Waals surface area contributed by atoms with Gasteiger partial charge >= 0.3 is 5.97 Å². The maximum atomic E-state index is 11.1. The molecule has 0 amide bonds. The van der Waals surface area contributed by atoms with Crippen LogP contribution in [0.5, 0.6) is 0 Å². The van der Waals surface area contributed by atoms with E-state index in [-0.39, 0.29) is 0 Å². The predicted octanol–water partition coefficient (Wildman–Crippen LogP) is 2.57. The molecule has 86 valence electrons. The molecule has 1 aromatic rings. The van der Waals surface area contributed by atoms with Gasteiger partial charge in [-0.15, -0.1) is 0 Å².